The summed E-state index contributed by atoms with van der Waals surface area (Å²) < 4.78 is 5.19. The van der Waals surface area contributed by atoms with Crippen LogP contribution < -0.4 is 4.74 Å². The number of unbranched alkanes of at least 4 members (excludes halogenated alkanes) is 7. The molecule has 1 rings (SSSR count). The lowest BCUT2D eigenvalue weighted by Gasteiger charge is -2.16. The number of benzene rings is 1. The van der Waals surface area contributed by atoms with E-state index in [-0.39, 0.29) is 0 Å². The minimum atomic E-state index is 0.935. The van der Waals surface area contributed by atoms with Gasteiger partial charge < -0.3 is 9.64 Å². The molecule has 21 heavy (non-hydrogen) atoms. The Kier molecular flexibility index (Phi) is 9.98. The lowest BCUT2D eigenvalue weighted by Crippen LogP contribution is -2.19. The topological polar surface area (TPSA) is 12.5 Å². The van der Waals surface area contributed by atoms with E-state index in [0.29, 0.717) is 0 Å². The van der Waals surface area contributed by atoms with Crippen molar-refractivity contribution in [2.45, 2.75) is 64.8 Å². The van der Waals surface area contributed by atoms with Gasteiger partial charge in [-0.3, -0.25) is 0 Å². The largest absolute Gasteiger partial charge is 0.497 e. The molecule has 0 aliphatic heterocycles. The van der Waals surface area contributed by atoms with Crippen molar-refractivity contribution >= 4 is 0 Å². The third-order valence-electron chi connectivity index (χ3n) is 4.00. The highest BCUT2D eigenvalue weighted by Gasteiger charge is 2.01. The van der Waals surface area contributed by atoms with Crippen LogP contribution in [0.25, 0.3) is 0 Å². The van der Waals surface area contributed by atoms with Crippen LogP contribution in [0.2, 0.25) is 0 Å². The first-order valence-electron chi connectivity index (χ1n) is 8.57. The van der Waals surface area contributed by atoms with Crippen molar-refractivity contribution in [3.8, 4) is 5.75 Å². The fourth-order valence-electron chi connectivity index (χ4n) is 2.64. The van der Waals surface area contributed by atoms with Crippen molar-refractivity contribution in [1.82, 2.24) is 4.90 Å². The summed E-state index contributed by atoms with van der Waals surface area (Å²) in [4.78, 5) is 2.42. The van der Waals surface area contributed by atoms with Crippen LogP contribution in [-0.2, 0) is 6.54 Å². The predicted octanol–water partition coefficient (Wildman–Crippen LogP) is 5.27. The predicted molar refractivity (Wildman–Crippen MR) is 91.9 cm³/mol. The van der Waals surface area contributed by atoms with E-state index >= 15 is 0 Å². The number of rotatable bonds is 12. The van der Waals surface area contributed by atoms with Gasteiger partial charge in [-0.2, -0.15) is 0 Å². The maximum atomic E-state index is 5.19. The second-order valence-corrected chi connectivity index (χ2v) is 6.06. The summed E-state index contributed by atoms with van der Waals surface area (Å²) in [7, 11) is 3.93. The van der Waals surface area contributed by atoms with Crippen LogP contribution in [-0.4, -0.2) is 25.6 Å². The maximum Gasteiger partial charge on any atom is 0.118 e. The van der Waals surface area contributed by atoms with Gasteiger partial charge in [0.25, 0.3) is 0 Å². The molecule has 1 aromatic rings. The molecule has 0 saturated heterocycles. The first-order valence-corrected chi connectivity index (χ1v) is 8.57. The molecule has 0 heterocycles. The molecule has 2 heteroatoms. The minimum Gasteiger partial charge on any atom is -0.497 e. The number of nitrogens with zero attached hydrogens (tertiary/aromatic N) is 1. The van der Waals surface area contributed by atoms with Crippen LogP contribution >= 0.6 is 0 Å². The quantitative estimate of drug-likeness (QED) is 0.487. The zero-order valence-electron chi connectivity index (χ0n) is 14.2. The first kappa shape index (κ1) is 18.0. The Morgan fingerprint density at radius 1 is 0.857 bits per heavy atom. The Balaban J connectivity index is 2.04. The fourth-order valence-corrected chi connectivity index (χ4v) is 2.64. The zero-order chi connectivity index (χ0) is 15.3. The number of ether oxygens (including phenoxy) is 1. The fraction of sp³-hybridized carbons (Fsp3) is 0.684. The highest BCUT2D eigenvalue weighted by molar-refractivity contribution is 5.26. The molecule has 0 amide bonds. The van der Waals surface area contributed by atoms with Crippen LogP contribution in [0.15, 0.2) is 24.3 Å². The molecule has 0 unspecified atom stereocenters. The van der Waals surface area contributed by atoms with Crippen LogP contribution in [0, 0.1) is 0 Å². The molecule has 0 atom stereocenters. The molecular weight excluding hydrogens is 258 g/mol. The molecule has 0 aliphatic rings. The number of hydrogen-bond donors (Lipinski definition) is 0. The second kappa shape index (κ2) is 11.6. The highest BCUT2D eigenvalue weighted by Crippen LogP contribution is 2.13. The minimum absolute atomic E-state index is 0.935. The van der Waals surface area contributed by atoms with E-state index in [1.165, 1.54) is 63.5 Å². The molecule has 0 aromatic heterocycles. The molecule has 120 valence electrons. The Labute approximate surface area is 131 Å². The van der Waals surface area contributed by atoms with E-state index in [9.17, 15) is 0 Å². The van der Waals surface area contributed by atoms with Crippen molar-refractivity contribution in [3.63, 3.8) is 0 Å². The van der Waals surface area contributed by atoms with Gasteiger partial charge in [-0.05, 0) is 37.7 Å². The average Bonchev–Trinajstić information content (AvgIpc) is 2.50. The highest BCUT2D eigenvalue weighted by atomic mass is 16.5. The molecule has 0 spiro atoms. The maximum absolute atomic E-state index is 5.19. The van der Waals surface area contributed by atoms with E-state index in [2.05, 4.69) is 31.0 Å². The summed E-state index contributed by atoms with van der Waals surface area (Å²) in [5, 5.41) is 0. The van der Waals surface area contributed by atoms with Crippen molar-refractivity contribution in [1.29, 1.82) is 0 Å². The van der Waals surface area contributed by atoms with E-state index in [0.717, 1.165) is 12.3 Å². The molecule has 0 N–H and O–H groups in total. The summed E-state index contributed by atoms with van der Waals surface area (Å²) in [6.07, 6.45) is 11.1. The zero-order valence-corrected chi connectivity index (χ0v) is 14.2. The van der Waals surface area contributed by atoms with E-state index in [4.69, 9.17) is 4.74 Å². The van der Waals surface area contributed by atoms with Gasteiger partial charge in [-0.15, -0.1) is 0 Å². The molecule has 2 nitrogen and oxygen atoms in total. The molecule has 1 aromatic carbocycles. The van der Waals surface area contributed by atoms with E-state index in [1.807, 2.05) is 12.1 Å². The Hall–Kier alpha value is -1.02. The summed E-state index contributed by atoms with van der Waals surface area (Å²) in [5.74, 6) is 0.935. The molecule has 0 bridgehead atoms. The summed E-state index contributed by atoms with van der Waals surface area (Å²) >= 11 is 0. The van der Waals surface area contributed by atoms with Crippen molar-refractivity contribution in [3.05, 3.63) is 29.8 Å². The Morgan fingerprint density at radius 2 is 1.43 bits per heavy atom. The SMILES string of the molecule is CCCCCCCCCCN(C)Cc1ccc(OC)cc1. The third kappa shape index (κ3) is 8.77. The van der Waals surface area contributed by atoms with Crippen LogP contribution in [0.4, 0.5) is 0 Å². The number of methoxy groups -OCH3 is 1. The summed E-state index contributed by atoms with van der Waals surface area (Å²) in [6.45, 7) is 4.50. The third-order valence-corrected chi connectivity index (χ3v) is 4.00. The standard InChI is InChI=1S/C19H33NO/c1-4-5-6-7-8-9-10-11-16-20(2)17-18-12-14-19(21-3)15-13-18/h12-15H,4-11,16-17H2,1-3H3. The van der Waals surface area contributed by atoms with Crippen LogP contribution in [0.1, 0.15) is 63.9 Å². The summed E-state index contributed by atoms with van der Waals surface area (Å²) in [6, 6.07) is 8.39. The van der Waals surface area contributed by atoms with Crippen molar-refractivity contribution in [2.75, 3.05) is 20.7 Å². The smallest absolute Gasteiger partial charge is 0.118 e. The molecular formula is C19H33NO. The normalized spacial score (nSPS) is 11.0. The Bertz CT molecular complexity index is 347. The monoisotopic (exact) mass is 291 g/mol. The van der Waals surface area contributed by atoms with Crippen molar-refractivity contribution < 1.29 is 4.74 Å². The molecule has 0 fully saturated rings. The van der Waals surface area contributed by atoms with Gasteiger partial charge >= 0.3 is 0 Å². The van der Waals surface area contributed by atoms with Gasteiger partial charge in [0.1, 0.15) is 5.75 Å². The van der Waals surface area contributed by atoms with Gasteiger partial charge in [0, 0.05) is 6.54 Å². The van der Waals surface area contributed by atoms with E-state index < -0.39 is 0 Å². The molecule has 0 saturated carbocycles. The van der Waals surface area contributed by atoms with Crippen molar-refractivity contribution in [2.24, 2.45) is 0 Å². The average molecular weight is 291 g/mol. The lowest BCUT2D eigenvalue weighted by molar-refractivity contribution is 0.316. The van der Waals surface area contributed by atoms with Crippen LogP contribution in [0.5, 0.6) is 5.75 Å². The van der Waals surface area contributed by atoms with Gasteiger partial charge in [0.05, 0.1) is 7.11 Å². The van der Waals surface area contributed by atoms with Crippen LogP contribution in [0.3, 0.4) is 0 Å². The molecule has 0 radical (unpaired) electrons. The van der Waals surface area contributed by atoms with Gasteiger partial charge in [-0.1, -0.05) is 64.0 Å². The van der Waals surface area contributed by atoms with E-state index in [1.54, 1.807) is 7.11 Å². The van der Waals surface area contributed by atoms with Gasteiger partial charge in [0.2, 0.25) is 0 Å². The first-order chi connectivity index (χ1) is 10.3. The number of hydrogen-bond acceptors (Lipinski definition) is 2. The lowest BCUT2D eigenvalue weighted by atomic mass is 10.1. The second-order valence-electron chi connectivity index (χ2n) is 6.06. The van der Waals surface area contributed by atoms with Gasteiger partial charge in [0.15, 0.2) is 0 Å². The Morgan fingerprint density at radius 3 is 2.00 bits per heavy atom. The summed E-state index contributed by atoms with van der Waals surface area (Å²) in [5.41, 5.74) is 1.36. The van der Waals surface area contributed by atoms with Gasteiger partial charge in [-0.25, -0.2) is 0 Å². The molecule has 0 aliphatic carbocycles.